The van der Waals surface area contributed by atoms with Gasteiger partial charge in [-0.25, -0.2) is 9.99 Å². The topological polar surface area (TPSA) is 77.2 Å². The van der Waals surface area contributed by atoms with Crippen LogP contribution in [0.4, 0.5) is 0 Å². The molecule has 1 fully saturated rings. The Bertz CT molecular complexity index is 368. The van der Waals surface area contributed by atoms with E-state index >= 15 is 0 Å². The monoisotopic (exact) mass is 224 g/mol. The van der Waals surface area contributed by atoms with Crippen molar-refractivity contribution in [1.29, 1.82) is 0 Å². The Balaban J connectivity index is 1.88. The summed E-state index contributed by atoms with van der Waals surface area (Å²) in [6, 6.07) is 0. The minimum Gasteiger partial charge on any atom is -0.304 e. The fraction of sp³-hybridized carbons (Fsp3) is 0.667. The molecule has 1 aromatic heterocycles. The molecule has 88 valence electrons. The van der Waals surface area contributed by atoms with Gasteiger partial charge in [-0.05, 0) is 14.0 Å². The zero-order chi connectivity index (χ0) is 11.5. The fourth-order valence-corrected chi connectivity index (χ4v) is 1.56. The third-order valence-corrected chi connectivity index (χ3v) is 2.56. The number of carbonyl (C=O) groups is 1. The number of hydrazine groups is 1. The molecule has 16 heavy (non-hydrogen) atoms. The third-order valence-electron chi connectivity index (χ3n) is 2.56. The summed E-state index contributed by atoms with van der Waals surface area (Å²) >= 11 is 0. The number of nitrogens with zero attached hydrogens (tertiary/aromatic N) is 4. The second-order valence-corrected chi connectivity index (χ2v) is 3.98. The van der Waals surface area contributed by atoms with E-state index in [1.807, 2.05) is 5.01 Å². The van der Waals surface area contributed by atoms with Crippen LogP contribution in [0.15, 0.2) is 0 Å². The molecular weight excluding hydrogens is 208 g/mol. The number of aromatic amines is 1. The van der Waals surface area contributed by atoms with Crippen LogP contribution in [0.1, 0.15) is 16.4 Å². The summed E-state index contributed by atoms with van der Waals surface area (Å²) in [7, 11) is 2.07. The zero-order valence-electron chi connectivity index (χ0n) is 9.53. The number of piperazine rings is 1. The summed E-state index contributed by atoms with van der Waals surface area (Å²) in [5, 5.41) is 8.35. The smallest absolute Gasteiger partial charge is 0.304 e. The maximum absolute atomic E-state index is 11.7. The third kappa shape index (κ3) is 2.56. The van der Waals surface area contributed by atoms with Crippen LogP contribution >= 0.6 is 0 Å². The van der Waals surface area contributed by atoms with E-state index in [9.17, 15) is 4.79 Å². The van der Waals surface area contributed by atoms with Crippen molar-refractivity contribution >= 4 is 5.91 Å². The highest BCUT2D eigenvalue weighted by Gasteiger charge is 2.18. The lowest BCUT2D eigenvalue weighted by Crippen LogP contribution is -2.52. The lowest BCUT2D eigenvalue weighted by molar-refractivity contribution is 0.0653. The van der Waals surface area contributed by atoms with Crippen molar-refractivity contribution in [2.75, 3.05) is 33.2 Å². The quantitative estimate of drug-likeness (QED) is 0.674. The number of H-pyrrole nitrogens is 1. The Morgan fingerprint density at radius 2 is 2.06 bits per heavy atom. The second-order valence-electron chi connectivity index (χ2n) is 3.98. The molecule has 0 radical (unpaired) electrons. The first-order chi connectivity index (χ1) is 7.65. The van der Waals surface area contributed by atoms with Gasteiger partial charge in [-0.2, -0.15) is 0 Å². The number of hydrogen-bond donors (Lipinski definition) is 2. The first kappa shape index (κ1) is 11.0. The standard InChI is InChI=1S/C9H16N6O/c1-7-10-8(12-11-7)9(16)13-15-5-3-14(2)4-6-15/h3-6H2,1-2H3,(H,13,16)(H,10,11,12). The van der Waals surface area contributed by atoms with Gasteiger partial charge in [0.25, 0.3) is 0 Å². The summed E-state index contributed by atoms with van der Waals surface area (Å²) < 4.78 is 0. The van der Waals surface area contributed by atoms with Gasteiger partial charge in [0.1, 0.15) is 5.82 Å². The highest BCUT2D eigenvalue weighted by Crippen LogP contribution is 1.97. The molecule has 0 saturated carbocycles. The molecule has 7 heteroatoms. The van der Waals surface area contributed by atoms with Crippen LogP contribution in [0.2, 0.25) is 0 Å². The maximum Gasteiger partial charge on any atom is 0.305 e. The van der Waals surface area contributed by atoms with Gasteiger partial charge >= 0.3 is 5.91 Å². The van der Waals surface area contributed by atoms with Crippen LogP contribution in [0, 0.1) is 6.92 Å². The summed E-state index contributed by atoms with van der Waals surface area (Å²) in [5.74, 6) is 0.578. The average Bonchev–Trinajstić information content (AvgIpc) is 2.68. The van der Waals surface area contributed by atoms with Crippen LogP contribution < -0.4 is 5.43 Å². The molecule has 2 heterocycles. The molecule has 0 atom stereocenters. The maximum atomic E-state index is 11.7. The van der Waals surface area contributed by atoms with E-state index in [-0.39, 0.29) is 11.7 Å². The van der Waals surface area contributed by atoms with Crippen molar-refractivity contribution in [3.63, 3.8) is 0 Å². The number of amides is 1. The Hall–Kier alpha value is -1.47. The van der Waals surface area contributed by atoms with E-state index in [4.69, 9.17) is 0 Å². The van der Waals surface area contributed by atoms with Crippen LogP contribution in [0.25, 0.3) is 0 Å². The predicted octanol–water partition coefficient (Wildman–Crippen LogP) is -0.995. The molecule has 1 amide bonds. The van der Waals surface area contributed by atoms with Crippen molar-refractivity contribution in [3.8, 4) is 0 Å². The summed E-state index contributed by atoms with van der Waals surface area (Å²) in [4.78, 5) is 17.9. The lowest BCUT2D eigenvalue weighted by Gasteiger charge is -2.31. The Morgan fingerprint density at radius 3 is 2.62 bits per heavy atom. The van der Waals surface area contributed by atoms with Crippen LogP contribution in [-0.4, -0.2) is 64.2 Å². The van der Waals surface area contributed by atoms with Gasteiger partial charge in [-0.3, -0.25) is 15.3 Å². The molecular formula is C9H16N6O. The molecule has 0 spiro atoms. The number of rotatable bonds is 2. The average molecular weight is 224 g/mol. The molecule has 1 aliphatic rings. The van der Waals surface area contributed by atoms with Gasteiger partial charge in [0, 0.05) is 26.2 Å². The van der Waals surface area contributed by atoms with Gasteiger partial charge in [-0.15, -0.1) is 5.10 Å². The van der Waals surface area contributed by atoms with Crippen molar-refractivity contribution in [1.82, 2.24) is 30.5 Å². The largest absolute Gasteiger partial charge is 0.305 e. The van der Waals surface area contributed by atoms with E-state index in [0.717, 1.165) is 26.2 Å². The Labute approximate surface area is 93.8 Å². The minimum absolute atomic E-state index is 0.191. The molecule has 1 saturated heterocycles. The fourth-order valence-electron chi connectivity index (χ4n) is 1.56. The highest BCUT2D eigenvalue weighted by molar-refractivity contribution is 5.89. The van der Waals surface area contributed by atoms with Gasteiger partial charge in [0.05, 0.1) is 0 Å². The molecule has 0 unspecified atom stereocenters. The second kappa shape index (κ2) is 4.58. The predicted molar refractivity (Wildman–Crippen MR) is 57.7 cm³/mol. The number of nitrogens with one attached hydrogen (secondary N) is 2. The molecule has 0 aliphatic carbocycles. The molecule has 2 rings (SSSR count). The van der Waals surface area contributed by atoms with Crippen LogP contribution in [0.3, 0.4) is 0 Å². The molecule has 1 aromatic rings. The first-order valence-electron chi connectivity index (χ1n) is 5.28. The highest BCUT2D eigenvalue weighted by atomic mass is 16.2. The van der Waals surface area contributed by atoms with Gasteiger partial charge < -0.3 is 4.90 Å². The lowest BCUT2D eigenvalue weighted by atomic mass is 10.4. The van der Waals surface area contributed by atoms with Gasteiger partial charge in [0.2, 0.25) is 5.82 Å². The van der Waals surface area contributed by atoms with Crippen molar-refractivity contribution < 1.29 is 4.79 Å². The van der Waals surface area contributed by atoms with Gasteiger partial charge in [-0.1, -0.05) is 0 Å². The molecule has 0 aromatic carbocycles. The van der Waals surface area contributed by atoms with Crippen molar-refractivity contribution in [2.24, 2.45) is 0 Å². The molecule has 1 aliphatic heterocycles. The van der Waals surface area contributed by atoms with E-state index < -0.39 is 0 Å². The Morgan fingerprint density at radius 1 is 1.38 bits per heavy atom. The van der Waals surface area contributed by atoms with Gasteiger partial charge in [0.15, 0.2) is 0 Å². The van der Waals surface area contributed by atoms with E-state index in [2.05, 4.69) is 32.6 Å². The normalized spacial score (nSPS) is 18.6. The summed E-state index contributed by atoms with van der Waals surface area (Å²) in [6.07, 6.45) is 0. The first-order valence-corrected chi connectivity index (χ1v) is 5.28. The molecule has 2 N–H and O–H groups in total. The number of carbonyl (C=O) groups excluding carboxylic acids is 1. The zero-order valence-corrected chi connectivity index (χ0v) is 9.53. The molecule has 0 bridgehead atoms. The van der Waals surface area contributed by atoms with E-state index in [1.54, 1.807) is 6.92 Å². The van der Waals surface area contributed by atoms with Crippen molar-refractivity contribution in [2.45, 2.75) is 6.92 Å². The van der Waals surface area contributed by atoms with Crippen LogP contribution in [0.5, 0.6) is 0 Å². The summed E-state index contributed by atoms with van der Waals surface area (Å²) in [5.41, 5.74) is 2.79. The summed E-state index contributed by atoms with van der Waals surface area (Å²) in [6.45, 7) is 5.32. The Kier molecular flexibility index (Phi) is 3.16. The van der Waals surface area contributed by atoms with E-state index in [0.29, 0.717) is 5.82 Å². The van der Waals surface area contributed by atoms with Crippen molar-refractivity contribution in [3.05, 3.63) is 11.6 Å². The number of likely N-dealkylation sites (N-methyl/N-ethyl adjacent to an activating group) is 1. The number of hydrogen-bond acceptors (Lipinski definition) is 5. The molecule has 7 nitrogen and oxygen atoms in total. The van der Waals surface area contributed by atoms with E-state index in [1.165, 1.54) is 0 Å². The SMILES string of the molecule is Cc1nc(C(=O)NN2CCN(C)CC2)n[nH]1. The number of aromatic nitrogens is 3. The number of aryl methyl sites for hydroxylation is 1. The minimum atomic E-state index is -0.256. The van der Waals surface area contributed by atoms with Crippen LogP contribution in [-0.2, 0) is 0 Å².